The molecule has 0 spiro atoms. The molecule has 0 N–H and O–H groups in total. The van der Waals surface area contributed by atoms with Crippen LogP contribution in [-0.2, 0) is 0 Å². The summed E-state index contributed by atoms with van der Waals surface area (Å²) in [6.45, 7) is 1.85. The summed E-state index contributed by atoms with van der Waals surface area (Å²) in [5.74, 6) is 0.772. The maximum atomic E-state index is 4.91. The summed E-state index contributed by atoms with van der Waals surface area (Å²) in [6, 6.07) is 1.82. The minimum Gasteiger partial charge on any atom is -0.361 e. The van der Waals surface area contributed by atoms with Gasteiger partial charge in [0, 0.05) is 6.20 Å². The van der Waals surface area contributed by atoms with Crippen molar-refractivity contribution in [1.82, 2.24) is 15.1 Å². The summed E-state index contributed by atoms with van der Waals surface area (Å²) in [5.41, 5.74) is 1.75. The lowest BCUT2D eigenvalue weighted by molar-refractivity contribution is 0.398. The Morgan fingerprint density at radius 3 is 2.92 bits per heavy atom. The van der Waals surface area contributed by atoms with E-state index in [4.69, 9.17) is 4.52 Å². The Morgan fingerprint density at radius 2 is 2.33 bits per heavy atom. The van der Waals surface area contributed by atoms with E-state index in [-0.39, 0.29) is 0 Å². The van der Waals surface area contributed by atoms with Gasteiger partial charge in [-0.2, -0.15) is 0 Å². The fourth-order valence-electron chi connectivity index (χ4n) is 0.995. The van der Waals surface area contributed by atoms with Crippen molar-refractivity contribution in [3.63, 3.8) is 0 Å². The molecular formula is C8H7N3O. The predicted octanol–water partition coefficient (Wildman–Crippen LogP) is 1.44. The number of hydrogen-bond acceptors (Lipinski definition) is 4. The van der Waals surface area contributed by atoms with Gasteiger partial charge in [-0.15, -0.1) is 0 Å². The molecular weight excluding hydrogens is 154 g/mol. The van der Waals surface area contributed by atoms with Gasteiger partial charge >= 0.3 is 0 Å². The Hall–Kier alpha value is -1.71. The van der Waals surface area contributed by atoms with E-state index >= 15 is 0 Å². The minimum atomic E-state index is 0.772. The van der Waals surface area contributed by atoms with E-state index in [1.165, 1.54) is 6.33 Å². The second-order valence-electron chi connectivity index (χ2n) is 2.39. The fraction of sp³-hybridized carbons (Fsp3) is 0.125. The third-order valence-corrected chi connectivity index (χ3v) is 1.61. The van der Waals surface area contributed by atoms with Gasteiger partial charge in [-0.3, -0.25) is 0 Å². The number of aryl methyl sites for hydroxylation is 1. The Balaban J connectivity index is 2.51. The van der Waals surface area contributed by atoms with Crippen LogP contribution in [0.15, 0.2) is 29.3 Å². The van der Waals surface area contributed by atoms with Crippen LogP contribution in [-0.4, -0.2) is 15.1 Å². The molecule has 0 radical (unpaired) electrons. The van der Waals surface area contributed by atoms with Crippen molar-refractivity contribution in [2.75, 3.05) is 0 Å². The second kappa shape index (κ2) is 2.73. The number of aromatic nitrogens is 3. The van der Waals surface area contributed by atoms with Crippen LogP contribution < -0.4 is 0 Å². The summed E-state index contributed by atoms with van der Waals surface area (Å²) in [6.07, 6.45) is 4.84. The van der Waals surface area contributed by atoms with Gasteiger partial charge in [-0.05, 0) is 13.0 Å². The Bertz CT molecular complexity index is 369. The molecule has 0 aromatic carbocycles. The lowest BCUT2D eigenvalue weighted by Gasteiger charge is -1.93. The molecule has 2 aromatic heterocycles. The first-order chi connectivity index (χ1) is 5.88. The van der Waals surface area contributed by atoms with E-state index in [1.807, 2.05) is 13.0 Å². The lowest BCUT2D eigenvalue weighted by atomic mass is 10.2. The SMILES string of the molecule is Cc1oncc1-c1ccncn1. The highest BCUT2D eigenvalue weighted by molar-refractivity contribution is 5.58. The average Bonchev–Trinajstić information content (AvgIpc) is 2.53. The van der Waals surface area contributed by atoms with E-state index < -0.39 is 0 Å². The summed E-state index contributed by atoms with van der Waals surface area (Å²) in [4.78, 5) is 7.89. The molecule has 60 valence electrons. The smallest absolute Gasteiger partial charge is 0.143 e. The fourth-order valence-corrected chi connectivity index (χ4v) is 0.995. The minimum absolute atomic E-state index is 0.772. The van der Waals surface area contributed by atoms with Gasteiger partial charge in [-0.1, -0.05) is 5.16 Å². The van der Waals surface area contributed by atoms with Gasteiger partial charge in [0.05, 0.1) is 17.5 Å². The first-order valence-corrected chi connectivity index (χ1v) is 3.55. The molecule has 12 heavy (non-hydrogen) atoms. The van der Waals surface area contributed by atoms with Crippen molar-refractivity contribution in [1.29, 1.82) is 0 Å². The average molecular weight is 161 g/mol. The van der Waals surface area contributed by atoms with Crippen molar-refractivity contribution in [2.24, 2.45) is 0 Å². The molecule has 0 bridgehead atoms. The molecule has 2 heterocycles. The summed E-state index contributed by atoms with van der Waals surface area (Å²) in [7, 11) is 0. The van der Waals surface area contributed by atoms with Crippen LogP contribution in [0.1, 0.15) is 5.76 Å². The van der Waals surface area contributed by atoms with Crippen LogP contribution in [0.5, 0.6) is 0 Å². The molecule has 0 aliphatic heterocycles. The molecule has 0 aliphatic carbocycles. The van der Waals surface area contributed by atoms with Crippen LogP contribution >= 0.6 is 0 Å². The monoisotopic (exact) mass is 161 g/mol. The molecule has 0 unspecified atom stereocenters. The molecule has 2 rings (SSSR count). The third kappa shape index (κ3) is 1.07. The van der Waals surface area contributed by atoms with Crippen LogP contribution in [0.3, 0.4) is 0 Å². The van der Waals surface area contributed by atoms with Crippen molar-refractivity contribution < 1.29 is 4.52 Å². The molecule has 0 saturated heterocycles. The Morgan fingerprint density at radius 1 is 1.42 bits per heavy atom. The molecule has 4 heteroatoms. The van der Waals surface area contributed by atoms with Gasteiger partial charge in [-0.25, -0.2) is 9.97 Å². The van der Waals surface area contributed by atoms with Crippen LogP contribution in [0, 0.1) is 6.92 Å². The van der Waals surface area contributed by atoms with Crippen LogP contribution in [0.25, 0.3) is 11.3 Å². The third-order valence-electron chi connectivity index (χ3n) is 1.61. The van der Waals surface area contributed by atoms with Crippen molar-refractivity contribution >= 4 is 0 Å². The van der Waals surface area contributed by atoms with Gasteiger partial charge in [0.25, 0.3) is 0 Å². The van der Waals surface area contributed by atoms with Gasteiger partial charge in [0.1, 0.15) is 12.1 Å². The zero-order valence-corrected chi connectivity index (χ0v) is 6.56. The Kier molecular flexibility index (Phi) is 1.59. The second-order valence-corrected chi connectivity index (χ2v) is 2.39. The van der Waals surface area contributed by atoms with Crippen LogP contribution in [0.4, 0.5) is 0 Å². The molecule has 2 aromatic rings. The Labute approximate surface area is 69.3 Å². The van der Waals surface area contributed by atoms with Gasteiger partial charge in [0.15, 0.2) is 0 Å². The first-order valence-electron chi connectivity index (χ1n) is 3.55. The van der Waals surface area contributed by atoms with E-state index in [0.717, 1.165) is 17.0 Å². The van der Waals surface area contributed by atoms with E-state index in [0.29, 0.717) is 0 Å². The van der Waals surface area contributed by atoms with Crippen molar-refractivity contribution in [3.05, 3.63) is 30.5 Å². The maximum Gasteiger partial charge on any atom is 0.143 e. The zero-order chi connectivity index (χ0) is 8.39. The van der Waals surface area contributed by atoms with Crippen molar-refractivity contribution in [2.45, 2.75) is 6.92 Å². The topological polar surface area (TPSA) is 51.8 Å². The molecule has 0 amide bonds. The highest BCUT2D eigenvalue weighted by atomic mass is 16.5. The summed E-state index contributed by atoms with van der Waals surface area (Å²) in [5, 5.41) is 3.66. The predicted molar refractivity (Wildman–Crippen MR) is 42.3 cm³/mol. The normalized spacial score (nSPS) is 10.1. The summed E-state index contributed by atoms with van der Waals surface area (Å²) < 4.78 is 4.91. The largest absolute Gasteiger partial charge is 0.361 e. The van der Waals surface area contributed by atoms with Crippen LogP contribution in [0.2, 0.25) is 0 Å². The molecule has 0 fully saturated rings. The van der Waals surface area contributed by atoms with E-state index in [1.54, 1.807) is 12.4 Å². The molecule has 0 saturated carbocycles. The highest BCUT2D eigenvalue weighted by Crippen LogP contribution is 2.18. The highest BCUT2D eigenvalue weighted by Gasteiger charge is 2.05. The standard InChI is InChI=1S/C8H7N3O/c1-6-7(4-11-12-6)8-2-3-9-5-10-8/h2-5H,1H3. The first kappa shape index (κ1) is 6.97. The van der Waals surface area contributed by atoms with E-state index in [9.17, 15) is 0 Å². The van der Waals surface area contributed by atoms with E-state index in [2.05, 4.69) is 15.1 Å². The lowest BCUT2D eigenvalue weighted by Crippen LogP contribution is -1.82. The number of rotatable bonds is 1. The zero-order valence-electron chi connectivity index (χ0n) is 6.56. The molecule has 0 atom stereocenters. The molecule has 4 nitrogen and oxygen atoms in total. The number of hydrogen-bond donors (Lipinski definition) is 0. The van der Waals surface area contributed by atoms with Crippen molar-refractivity contribution in [3.8, 4) is 11.3 Å². The quantitative estimate of drug-likeness (QED) is 0.635. The summed E-state index contributed by atoms with van der Waals surface area (Å²) >= 11 is 0. The molecule has 0 aliphatic rings. The number of nitrogens with zero attached hydrogens (tertiary/aromatic N) is 3. The van der Waals surface area contributed by atoms with Gasteiger partial charge in [0.2, 0.25) is 0 Å². The maximum absolute atomic E-state index is 4.91. The van der Waals surface area contributed by atoms with Gasteiger partial charge < -0.3 is 4.52 Å².